The molecule has 0 heterocycles. The van der Waals surface area contributed by atoms with Gasteiger partial charge in [0.2, 0.25) is 0 Å². The smallest absolute Gasteiger partial charge is 0.399 e. The van der Waals surface area contributed by atoms with Gasteiger partial charge in [0.05, 0.1) is 0 Å². The molecule has 1 atom stereocenters. The summed E-state index contributed by atoms with van der Waals surface area (Å²) in [7, 11) is 0. The Bertz CT molecular complexity index is 323. The van der Waals surface area contributed by atoms with Crippen molar-refractivity contribution in [3.8, 4) is 0 Å². The second kappa shape index (κ2) is 7.03. The summed E-state index contributed by atoms with van der Waals surface area (Å²) >= 11 is 0. The Morgan fingerprint density at radius 1 is 1.33 bits per heavy atom. The van der Waals surface area contributed by atoms with Gasteiger partial charge in [-0.15, -0.1) is 0 Å². The third kappa shape index (κ3) is 7.70. The number of esters is 2. The largest absolute Gasteiger partial charge is 0.458 e. The van der Waals surface area contributed by atoms with E-state index in [-0.39, 0.29) is 18.6 Å². The number of hydrogen-bond acceptors (Lipinski definition) is 4. The third-order valence-electron chi connectivity index (χ3n) is 1.85. The molecule has 0 saturated heterocycles. The quantitative estimate of drug-likeness (QED) is 0.548. The second-order valence-electron chi connectivity index (χ2n) is 3.69. The fraction of sp³-hybridized carbons (Fsp3) is 0.636. The van der Waals surface area contributed by atoms with E-state index in [9.17, 15) is 22.8 Å². The summed E-state index contributed by atoms with van der Waals surface area (Å²) < 4.78 is 44.9. The molecule has 0 aliphatic rings. The van der Waals surface area contributed by atoms with Gasteiger partial charge >= 0.3 is 18.1 Å². The van der Waals surface area contributed by atoms with Crippen molar-refractivity contribution in [2.75, 3.05) is 6.61 Å². The van der Waals surface area contributed by atoms with E-state index in [2.05, 4.69) is 11.3 Å². The van der Waals surface area contributed by atoms with Gasteiger partial charge in [0.25, 0.3) is 0 Å². The standard InChI is InChI=1S/C11H15F3O4/c1-4-8(6-17-10(16)7(2)3)18-9(15)5-11(12,13)14/h8H,2,4-6H2,1,3H3. The Kier molecular flexibility index (Phi) is 6.43. The number of alkyl halides is 3. The van der Waals surface area contributed by atoms with Gasteiger partial charge in [-0.05, 0) is 13.3 Å². The minimum absolute atomic E-state index is 0.159. The van der Waals surface area contributed by atoms with Crippen LogP contribution in [0, 0.1) is 0 Å². The number of rotatable bonds is 6. The zero-order valence-corrected chi connectivity index (χ0v) is 10.2. The van der Waals surface area contributed by atoms with E-state index in [1.54, 1.807) is 6.92 Å². The molecule has 7 heteroatoms. The van der Waals surface area contributed by atoms with E-state index in [1.807, 2.05) is 0 Å². The normalized spacial score (nSPS) is 12.7. The molecule has 0 amide bonds. The van der Waals surface area contributed by atoms with Gasteiger partial charge in [-0.2, -0.15) is 13.2 Å². The van der Waals surface area contributed by atoms with Crippen LogP contribution in [0.3, 0.4) is 0 Å². The topological polar surface area (TPSA) is 52.6 Å². The molecule has 1 unspecified atom stereocenters. The molecular formula is C11H15F3O4. The highest BCUT2D eigenvalue weighted by Crippen LogP contribution is 2.20. The van der Waals surface area contributed by atoms with Gasteiger partial charge < -0.3 is 9.47 Å². The molecule has 0 saturated carbocycles. The van der Waals surface area contributed by atoms with Crippen LogP contribution in [0.4, 0.5) is 13.2 Å². The molecule has 0 radical (unpaired) electrons. The van der Waals surface area contributed by atoms with Crippen LogP contribution in [0.5, 0.6) is 0 Å². The Labute approximate surface area is 103 Å². The molecule has 18 heavy (non-hydrogen) atoms. The maximum Gasteiger partial charge on any atom is 0.399 e. The van der Waals surface area contributed by atoms with E-state index >= 15 is 0 Å². The highest BCUT2D eigenvalue weighted by atomic mass is 19.4. The van der Waals surface area contributed by atoms with Crippen LogP contribution in [0.1, 0.15) is 26.7 Å². The Balaban J connectivity index is 4.15. The lowest BCUT2D eigenvalue weighted by Gasteiger charge is -2.16. The van der Waals surface area contributed by atoms with E-state index in [1.165, 1.54) is 6.92 Å². The molecule has 104 valence electrons. The van der Waals surface area contributed by atoms with Crippen molar-refractivity contribution in [1.82, 2.24) is 0 Å². The minimum Gasteiger partial charge on any atom is -0.458 e. The highest BCUT2D eigenvalue weighted by Gasteiger charge is 2.33. The Hall–Kier alpha value is -1.53. The maximum absolute atomic E-state index is 11.9. The average molecular weight is 268 g/mol. The molecule has 0 bridgehead atoms. The van der Waals surface area contributed by atoms with Crippen molar-refractivity contribution < 1.29 is 32.2 Å². The van der Waals surface area contributed by atoms with Gasteiger partial charge in [0.15, 0.2) is 0 Å². The van der Waals surface area contributed by atoms with Gasteiger partial charge in [-0.3, -0.25) is 4.79 Å². The van der Waals surface area contributed by atoms with Crippen molar-refractivity contribution in [2.24, 2.45) is 0 Å². The molecule has 0 N–H and O–H groups in total. The van der Waals surface area contributed by atoms with Gasteiger partial charge in [0.1, 0.15) is 19.1 Å². The second-order valence-corrected chi connectivity index (χ2v) is 3.69. The summed E-state index contributed by atoms with van der Waals surface area (Å²) in [6.45, 7) is 6.08. The lowest BCUT2D eigenvalue weighted by molar-refractivity contribution is -0.178. The first-order chi connectivity index (χ1) is 8.15. The van der Waals surface area contributed by atoms with Crippen molar-refractivity contribution in [2.45, 2.75) is 39.0 Å². The van der Waals surface area contributed by atoms with Gasteiger partial charge in [0, 0.05) is 5.57 Å². The molecule has 4 nitrogen and oxygen atoms in total. The monoisotopic (exact) mass is 268 g/mol. The molecule has 0 rings (SSSR count). The van der Waals surface area contributed by atoms with E-state index in [0.29, 0.717) is 0 Å². The highest BCUT2D eigenvalue weighted by molar-refractivity contribution is 5.86. The van der Waals surface area contributed by atoms with E-state index < -0.39 is 30.6 Å². The van der Waals surface area contributed by atoms with Crippen LogP contribution in [-0.4, -0.2) is 30.8 Å². The lowest BCUT2D eigenvalue weighted by atomic mass is 10.3. The predicted octanol–water partition coefficient (Wildman–Crippen LogP) is 2.38. The van der Waals surface area contributed by atoms with Crippen LogP contribution >= 0.6 is 0 Å². The summed E-state index contributed by atoms with van der Waals surface area (Å²) in [6.07, 6.45) is -6.91. The van der Waals surface area contributed by atoms with Crippen LogP contribution in [0.2, 0.25) is 0 Å². The third-order valence-corrected chi connectivity index (χ3v) is 1.85. The molecule has 0 aliphatic carbocycles. The van der Waals surface area contributed by atoms with Crippen LogP contribution in [0.25, 0.3) is 0 Å². The molecular weight excluding hydrogens is 253 g/mol. The molecule has 0 aromatic carbocycles. The summed E-state index contributed by atoms with van der Waals surface area (Å²) in [6, 6.07) is 0. The first-order valence-electron chi connectivity index (χ1n) is 5.24. The van der Waals surface area contributed by atoms with Gasteiger partial charge in [-0.25, -0.2) is 4.79 Å². The summed E-state index contributed by atoms with van der Waals surface area (Å²) in [5, 5.41) is 0. The first kappa shape index (κ1) is 16.5. The van der Waals surface area contributed by atoms with Crippen molar-refractivity contribution in [3.63, 3.8) is 0 Å². The molecule has 0 aliphatic heterocycles. The fourth-order valence-electron chi connectivity index (χ4n) is 0.918. The maximum atomic E-state index is 11.9. The molecule has 0 aromatic rings. The van der Waals surface area contributed by atoms with E-state index in [4.69, 9.17) is 4.74 Å². The molecule has 0 fully saturated rings. The molecule has 0 spiro atoms. The van der Waals surface area contributed by atoms with Crippen LogP contribution < -0.4 is 0 Å². The number of ether oxygens (including phenoxy) is 2. The summed E-state index contributed by atoms with van der Waals surface area (Å²) in [5.74, 6) is -2.07. The van der Waals surface area contributed by atoms with Crippen LogP contribution in [-0.2, 0) is 19.1 Å². The zero-order valence-electron chi connectivity index (χ0n) is 10.2. The fourth-order valence-corrected chi connectivity index (χ4v) is 0.918. The zero-order chi connectivity index (χ0) is 14.3. The first-order valence-corrected chi connectivity index (χ1v) is 5.24. The van der Waals surface area contributed by atoms with Crippen molar-refractivity contribution in [3.05, 3.63) is 12.2 Å². The summed E-state index contributed by atoms with van der Waals surface area (Å²) in [4.78, 5) is 21.9. The number of carbonyl (C=O) groups is 2. The average Bonchev–Trinajstić information content (AvgIpc) is 2.20. The van der Waals surface area contributed by atoms with Gasteiger partial charge in [-0.1, -0.05) is 13.5 Å². The lowest BCUT2D eigenvalue weighted by Crippen LogP contribution is -2.27. The van der Waals surface area contributed by atoms with E-state index in [0.717, 1.165) is 0 Å². The van der Waals surface area contributed by atoms with Crippen molar-refractivity contribution >= 4 is 11.9 Å². The summed E-state index contributed by atoms with van der Waals surface area (Å²) in [5.41, 5.74) is 0.159. The minimum atomic E-state index is -4.61. The molecule has 0 aromatic heterocycles. The van der Waals surface area contributed by atoms with Crippen LogP contribution in [0.15, 0.2) is 12.2 Å². The number of carbonyl (C=O) groups excluding carboxylic acids is 2. The number of halogens is 3. The Morgan fingerprint density at radius 3 is 2.28 bits per heavy atom. The predicted molar refractivity (Wildman–Crippen MR) is 56.6 cm³/mol. The Morgan fingerprint density at radius 2 is 1.89 bits per heavy atom. The SMILES string of the molecule is C=C(C)C(=O)OCC(CC)OC(=O)CC(F)(F)F. The number of hydrogen-bond donors (Lipinski definition) is 0. The van der Waals surface area contributed by atoms with Crippen molar-refractivity contribution in [1.29, 1.82) is 0 Å².